The number of carbonyl (C=O) groups is 2. The van der Waals surface area contributed by atoms with Crippen LogP contribution in [0.4, 0.5) is 16.2 Å². The second-order valence-electron chi connectivity index (χ2n) is 7.56. The molecule has 0 unspecified atom stereocenters. The molecule has 0 spiro atoms. The zero-order valence-electron chi connectivity index (χ0n) is 17.4. The fraction of sp³-hybridized carbons (Fsp3) is 0.364. The van der Waals surface area contributed by atoms with Crippen molar-refractivity contribution < 1.29 is 14.7 Å². The number of hydrogen-bond donors (Lipinski definition) is 3. The predicted octanol–water partition coefficient (Wildman–Crippen LogP) is 3.28. The molecule has 0 saturated carbocycles. The molecule has 3 rings (SSSR count). The molecule has 2 aromatic carbocycles. The van der Waals surface area contributed by atoms with Crippen molar-refractivity contribution in [3.63, 3.8) is 0 Å². The van der Waals surface area contributed by atoms with Crippen molar-refractivity contribution in [2.75, 3.05) is 37.4 Å². The number of halogens is 1. The van der Waals surface area contributed by atoms with Gasteiger partial charge in [-0.25, -0.2) is 4.79 Å². The van der Waals surface area contributed by atoms with Gasteiger partial charge >= 0.3 is 6.03 Å². The summed E-state index contributed by atoms with van der Waals surface area (Å²) in [5.41, 5.74) is 0.0433. The van der Waals surface area contributed by atoms with E-state index in [1.54, 1.807) is 30.3 Å². The minimum atomic E-state index is -2.19. The lowest BCUT2D eigenvalue weighted by Gasteiger charge is -2.42. The molecule has 160 valence electrons. The molecule has 1 heterocycles. The smallest absolute Gasteiger partial charge is 0.329 e. The number of nitrogens with one attached hydrogen (secondary N) is 2. The summed E-state index contributed by atoms with van der Waals surface area (Å²) >= 11 is 3.40. The molecule has 1 atom stereocenters. The summed E-state index contributed by atoms with van der Waals surface area (Å²) in [5.74, 6) is -0.643. The van der Waals surface area contributed by atoms with E-state index in [1.165, 1.54) is 0 Å². The summed E-state index contributed by atoms with van der Waals surface area (Å²) in [6.45, 7) is 3.21. The summed E-state index contributed by atoms with van der Waals surface area (Å²) in [6.07, 6.45) is 1.57. The summed E-state index contributed by atoms with van der Waals surface area (Å²) in [6, 6.07) is 11.8. The Morgan fingerprint density at radius 3 is 2.57 bits per heavy atom. The highest BCUT2D eigenvalue weighted by Crippen LogP contribution is 2.41. The van der Waals surface area contributed by atoms with Crippen molar-refractivity contribution >= 4 is 39.2 Å². The van der Waals surface area contributed by atoms with E-state index >= 15 is 0 Å². The zero-order valence-corrected chi connectivity index (χ0v) is 19.0. The number of aryl methyl sites for hydroxylation is 1. The van der Waals surface area contributed by atoms with Crippen LogP contribution in [0.3, 0.4) is 0 Å². The number of benzene rings is 2. The van der Waals surface area contributed by atoms with Gasteiger partial charge in [-0.3, -0.25) is 9.69 Å². The summed E-state index contributed by atoms with van der Waals surface area (Å²) in [4.78, 5) is 29.4. The van der Waals surface area contributed by atoms with E-state index in [0.717, 1.165) is 29.8 Å². The number of urea groups is 1. The molecule has 0 saturated heterocycles. The van der Waals surface area contributed by atoms with Crippen LogP contribution in [0.5, 0.6) is 0 Å². The van der Waals surface area contributed by atoms with Crippen LogP contribution < -0.4 is 15.5 Å². The maximum absolute atomic E-state index is 13.3. The minimum Gasteiger partial charge on any atom is -0.359 e. The SMILES string of the molecule is CCc1ccc(N2C(=O)Nc3ccc(Br)cc3[C@@]2(O)C(=O)NCCCN(C)C)cc1. The average Bonchev–Trinajstić information content (AvgIpc) is 2.72. The molecule has 7 nitrogen and oxygen atoms in total. The Morgan fingerprint density at radius 2 is 1.93 bits per heavy atom. The topological polar surface area (TPSA) is 84.9 Å². The number of hydrogen-bond acceptors (Lipinski definition) is 4. The Morgan fingerprint density at radius 1 is 1.23 bits per heavy atom. The number of carbonyl (C=O) groups excluding carboxylic acids is 2. The molecule has 2 aromatic rings. The molecule has 1 aliphatic rings. The molecular weight excluding hydrogens is 448 g/mol. The maximum atomic E-state index is 13.3. The van der Waals surface area contributed by atoms with E-state index in [0.29, 0.717) is 28.0 Å². The normalized spacial score (nSPS) is 18.2. The third-order valence-electron chi connectivity index (χ3n) is 5.11. The Balaban J connectivity index is 2.02. The lowest BCUT2D eigenvalue weighted by molar-refractivity contribution is -0.140. The van der Waals surface area contributed by atoms with Gasteiger partial charge in [0.1, 0.15) is 0 Å². The minimum absolute atomic E-state index is 0.307. The molecule has 3 amide bonds. The van der Waals surface area contributed by atoms with E-state index in [4.69, 9.17) is 0 Å². The summed E-state index contributed by atoms with van der Waals surface area (Å²) in [5, 5.41) is 17.3. The van der Waals surface area contributed by atoms with Crippen LogP contribution in [0, 0.1) is 0 Å². The second-order valence-corrected chi connectivity index (χ2v) is 8.48. The molecule has 0 aromatic heterocycles. The maximum Gasteiger partial charge on any atom is 0.329 e. The number of fused-ring (bicyclic) bond motifs is 1. The summed E-state index contributed by atoms with van der Waals surface area (Å²) in [7, 11) is 3.91. The van der Waals surface area contributed by atoms with Crippen molar-refractivity contribution in [1.82, 2.24) is 10.2 Å². The van der Waals surface area contributed by atoms with Crippen molar-refractivity contribution in [3.8, 4) is 0 Å². The lowest BCUT2D eigenvalue weighted by atomic mass is 9.94. The molecule has 1 aliphatic heterocycles. The van der Waals surface area contributed by atoms with E-state index in [-0.39, 0.29) is 0 Å². The largest absolute Gasteiger partial charge is 0.359 e. The molecule has 8 heteroatoms. The second kappa shape index (κ2) is 9.16. The number of rotatable bonds is 7. The van der Waals surface area contributed by atoms with Gasteiger partial charge in [0.15, 0.2) is 0 Å². The van der Waals surface area contributed by atoms with E-state index < -0.39 is 17.7 Å². The zero-order chi connectivity index (χ0) is 21.9. The van der Waals surface area contributed by atoms with Crippen LogP contribution in [0.2, 0.25) is 0 Å². The van der Waals surface area contributed by atoms with E-state index in [2.05, 4.69) is 26.6 Å². The number of anilines is 2. The Hall–Kier alpha value is -2.42. The van der Waals surface area contributed by atoms with Crippen LogP contribution in [0.25, 0.3) is 0 Å². The van der Waals surface area contributed by atoms with E-state index in [1.807, 2.05) is 38.1 Å². The van der Waals surface area contributed by atoms with Crippen LogP contribution in [-0.4, -0.2) is 49.1 Å². The van der Waals surface area contributed by atoms with Crippen LogP contribution in [0.15, 0.2) is 46.9 Å². The van der Waals surface area contributed by atoms with Gasteiger partial charge in [-0.15, -0.1) is 0 Å². The molecule has 30 heavy (non-hydrogen) atoms. The fourth-order valence-corrected chi connectivity index (χ4v) is 3.84. The van der Waals surface area contributed by atoms with Gasteiger partial charge in [-0.2, -0.15) is 0 Å². The summed E-state index contributed by atoms with van der Waals surface area (Å²) < 4.78 is 0.692. The highest BCUT2D eigenvalue weighted by atomic mass is 79.9. The number of aliphatic hydroxyl groups is 1. The third-order valence-corrected chi connectivity index (χ3v) is 5.61. The van der Waals surface area contributed by atoms with Gasteiger partial charge in [0, 0.05) is 22.3 Å². The van der Waals surface area contributed by atoms with Gasteiger partial charge in [0.05, 0.1) is 5.69 Å². The molecule has 3 N–H and O–H groups in total. The third kappa shape index (κ3) is 4.35. The Kier molecular flexibility index (Phi) is 6.80. The fourth-order valence-electron chi connectivity index (χ4n) is 3.48. The molecular formula is C22H27BrN4O3. The van der Waals surface area contributed by atoms with Crippen LogP contribution in [-0.2, 0) is 16.9 Å². The average molecular weight is 475 g/mol. The van der Waals surface area contributed by atoms with Crippen molar-refractivity contribution in [1.29, 1.82) is 0 Å². The van der Waals surface area contributed by atoms with Crippen molar-refractivity contribution in [2.45, 2.75) is 25.5 Å². The van der Waals surface area contributed by atoms with Gasteiger partial charge in [-0.05, 0) is 69.4 Å². The first kappa shape index (κ1) is 22.3. The number of nitrogens with zero attached hydrogens (tertiary/aromatic N) is 2. The standard InChI is InChI=1S/C22H27BrN4O3/c1-4-15-6-9-17(10-7-15)27-21(29)25-19-11-8-16(23)14-18(19)22(27,30)20(28)24-12-5-13-26(2)3/h6-11,14,30H,4-5,12-13H2,1-3H3,(H,24,28)(H,25,29)/t22-/m1/s1. The first-order chi connectivity index (χ1) is 14.3. The van der Waals surface area contributed by atoms with Crippen molar-refractivity contribution in [3.05, 3.63) is 58.1 Å². The quantitative estimate of drug-likeness (QED) is 0.537. The molecule has 0 aliphatic carbocycles. The lowest BCUT2D eigenvalue weighted by Crippen LogP contribution is -2.62. The molecule has 0 radical (unpaired) electrons. The first-order valence-electron chi connectivity index (χ1n) is 9.93. The van der Waals surface area contributed by atoms with Crippen LogP contribution in [0.1, 0.15) is 24.5 Å². The van der Waals surface area contributed by atoms with Gasteiger partial charge < -0.3 is 20.6 Å². The molecule has 0 bridgehead atoms. The Labute approximate surface area is 185 Å². The number of amides is 3. The highest BCUT2D eigenvalue weighted by Gasteiger charge is 2.52. The van der Waals surface area contributed by atoms with Gasteiger partial charge in [-0.1, -0.05) is 35.0 Å². The monoisotopic (exact) mass is 474 g/mol. The predicted molar refractivity (Wildman–Crippen MR) is 122 cm³/mol. The van der Waals surface area contributed by atoms with Crippen LogP contribution >= 0.6 is 15.9 Å². The van der Waals surface area contributed by atoms with E-state index in [9.17, 15) is 14.7 Å². The first-order valence-corrected chi connectivity index (χ1v) is 10.7. The molecule has 0 fully saturated rings. The van der Waals surface area contributed by atoms with Gasteiger partial charge in [0.2, 0.25) is 0 Å². The Bertz CT molecular complexity index is 932. The highest BCUT2D eigenvalue weighted by molar-refractivity contribution is 9.10. The van der Waals surface area contributed by atoms with Crippen molar-refractivity contribution in [2.24, 2.45) is 0 Å². The van der Waals surface area contributed by atoms with Gasteiger partial charge in [0.25, 0.3) is 11.6 Å².